The highest BCUT2D eigenvalue weighted by Crippen LogP contribution is 2.41. The number of benzene rings is 1. The second-order valence-electron chi connectivity index (χ2n) is 4.24. The van der Waals surface area contributed by atoms with Gasteiger partial charge in [0.25, 0.3) is 0 Å². The average molecular weight is 307 g/mol. The lowest BCUT2D eigenvalue weighted by Gasteiger charge is -2.22. The van der Waals surface area contributed by atoms with Crippen molar-refractivity contribution in [2.45, 2.75) is 25.0 Å². The largest absolute Gasteiger partial charge is 0.385 e. The third kappa shape index (κ3) is 2.51. The zero-order valence-electron chi connectivity index (χ0n) is 9.29. The SMILES string of the molecule is COC(C1CC1)C(O)c1c(F)ccc(Br)c1F. The minimum absolute atomic E-state index is 0.138. The topological polar surface area (TPSA) is 29.5 Å². The Labute approximate surface area is 107 Å². The fourth-order valence-electron chi connectivity index (χ4n) is 1.98. The van der Waals surface area contributed by atoms with Crippen LogP contribution in [0, 0.1) is 17.6 Å². The van der Waals surface area contributed by atoms with E-state index in [4.69, 9.17) is 4.74 Å². The monoisotopic (exact) mass is 306 g/mol. The number of ether oxygens (including phenoxy) is 1. The number of rotatable bonds is 4. The van der Waals surface area contributed by atoms with Crippen molar-refractivity contribution >= 4 is 15.9 Å². The third-order valence-corrected chi connectivity index (χ3v) is 3.66. The van der Waals surface area contributed by atoms with Gasteiger partial charge in [0.15, 0.2) is 0 Å². The van der Waals surface area contributed by atoms with Crippen molar-refractivity contribution in [1.29, 1.82) is 0 Å². The molecular weight excluding hydrogens is 294 g/mol. The lowest BCUT2D eigenvalue weighted by atomic mass is 10.00. The summed E-state index contributed by atoms with van der Waals surface area (Å²) in [6.07, 6.45) is 0.0258. The summed E-state index contributed by atoms with van der Waals surface area (Å²) in [5.41, 5.74) is -0.321. The Hall–Kier alpha value is -0.520. The number of hydrogen-bond acceptors (Lipinski definition) is 2. The first-order valence-electron chi connectivity index (χ1n) is 5.40. The summed E-state index contributed by atoms with van der Waals surface area (Å²) in [6, 6.07) is 2.41. The summed E-state index contributed by atoms with van der Waals surface area (Å²) in [6.45, 7) is 0. The maximum Gasteiger partial charge on any atom is 0.146 e. The molecule has 2 nitrogen and oxygen atoms in total. The van der Waals surface area contributed by atoms with E-state index in [2.05, 4.69) is 15.9 Å². The molecule has 2 rings (SSSR count). The van der Waals surface area contributed by atoms with Gasteiger partial charge in [-0.25, -0.2) is 8.78 Å². The quantitative estimate of drug-likeness (QED) is 0.866. The predicted octanol–water partition coefficient (Wildman–Crippen LogP) is 3.19. The van der Waals surface area contributed by atoms with Crippen LogP contribution >= 0.6 is 15.9 Å². The van der Waals surface area contributed by atoms with Crippen LogP contribution in [0.4, 0.5) is 8.78 Å². The van der Waals surface area contributed by atoms with Gasteiger partial charge in [-0.15, -0.1) is 0 Å². The Balaban J connectivity index is 2.34. The van der Waals surface area contributed by atoms with E-state index in [0.717, 1.165) is 18.9 Å². The van der Waals surface area contributed by atoms with E-state index in [1.807, 2.05) is 0 Å². The minimum Gasteiger partial charge on any atom is -0.385 e. The summed E-state index contributed by atoms with van der Waals surface area (Å²) in [7, 11) is 1.44. The van der Waals surface area contributed by atoms with Gasteiger partial charge in [-0.3, -0.25) is 0 Å². The molecule has 0 spiro atoms. The highest BCUT2D eigenvalue weighted by molar-refractivity contribution is 9.10. The normalized spacial score (nSPS) is 19.1. The molecule has 2 atom stereocenters. The van der Waals surface area contributed by atoms with Crippen LogP contribution in [0.25, 0.3) is 0 Å². The Kier molecular flexibility index (Phi) is 3.80. The third-order valence-electron chi connectivity index (χ3n) is 3.05. The van der Waals surface area contributed by atoms with E-state index < -0.39 is 23.8 Å². The van der Waals surface area contributed by atoms with Crippen LogP contribution in [-0.4, -0.2) is 18.3 Å². The van der Waals surface area contributed by atoms with Gasteiger partial charge < -0.3 is 9.84 Å². The minimum atomic E-state index is -1.27. The zero-order valence-corrected chi connectivity index (χ0v) is 10.9. The van der Waals surface area contributed by atoms with Crippen molar-refractivity contribution in [1.82, 2.24) is 0 Å². The molecule has 5 heteroatoms. The van der Waals surface area contributed by atoms with E-state index in [-0.39, 0.29) is 16.0 Å². The maximum absolute atomic E-state index is 13.8. The van der Waals surface area contributed by atoms with E-state index in [1.165, 1.54) is 13.2 Å². The lowest BCUT2D eigenvalue weighted by Crippen LogP contribution is -2.25. The molecule has 1 aromatic rings. The smallest absolute Gasteiger partial charge is 0.146 e. The lowest BCUT2D eigenvalue weighted by molar-refractivity contribution is -0.0291. The van der Waals surface area contributed by atoms with Gasteiger partial charge in [-0.2, -0.15) is 0 Å². The Morgan fingerprint density at radius 2 is 2.06 bits per heavy atom. The molecular formula is C12H13BrF2O2. The van der Waals surface area contributed by atoms with Crippen LogP contribution in [-0.2, 0) is 4.74 Å². The van der Waals surface area contributed by atoms with Gasteiger partial charge in [0, 0.05) is 7.11 Å². The van der Waals surface area contributed by atoms with E-state index in [1.54, 1.807) is 0 Å². The first-order valence-corrected chi connectivity index (χ1v) is 6.19. The first-order chi connectivity index (χ1) is 8.06. The summed E-state index contributed by atoms with van der Waals surface area (Å²) < 4.78 is 32.7. The highest BCUT2D eigenvalue weighted by Gasteiger charge is 2.39. The predicted molar refractivity (Wildman–Crippen MR) is 62.5 cm³/mol. The van der Waals surface area contributed by atoms with Gasteiger partial charge in [-0.1, -0.05) is 0 Å². The second kappa shape index (κ2) is 5.00. The molecule has 0 amide bonds. The molecule has 1 saturated carbocycles. The van der Waals surface area contributed by atoms with E-state index in [9.17, 15) is 13.9 Å². The molecule has 0 aliphatic heterocycles. The molecule has 0 radical (unpaired) electrons. The molecule has 1 aliphatic carbocycles. The molecule has 1 N–H and O–H groups in total. The van der Waals surface area contributed by atoms with Crippen molar-refractivity contribution in [3.05, 3.63) is 33.8 Å². The van der Waals surface area contributed by atoms with Crippen LogP contribution in [0.1, 0.15) is 24.5 Å². The van der Waals surface area contributed by atoms with E-state index in [0.29, 0.717) is 0 Å². The zero-order chi connectivity index (χ0) is 12.6. The van der Waals surface area contributed by atoms with Crippen LogP contribution in [0.15, 0.2) is 16.6 Å². The first kappa shape index (κ1) is 12.9. The summed E-state index contributed by atoms with van der Waals surface area (Å²) in [5, 5.41) is 10.1. The van der Waals surface area contributed by atoms with E-state index >= 15 is 0 Å². The molecule has 17 heavy (non-hydrogen) atoms. The van der Waals surface area contributed by atoms with Gasteiger partial charge in [0.2, 0.25) is 0 Å². The van der Waals surface area contributed by atoms with Gasteiger partial charge in [0.05, 0.1) is 16.1 Å². The fourth-order valence-corrected chi connectivity index (χ4v) is 2.33. The van der Waals surface area contributed by atoms with Crippen molar-refractivity contribution in [3.8, 4) is 0 Å². The number of hydrogen-bond donors (Lipinski definition) is 1. The maximum atomic E-state index is 13.8. The molecule has 1 aliphatic rings. The Morgan fingerprint density at radius 1 is 1.41 bits per heavy atom. The molecule has 0 bridgehead atoms. The van der Waals surface area contributed by atoms with Crippen molar-refractivity contribution < 1.29 is 18.6 Å². The second-order valence-corrected chi connectivity index (χ2v) is 5.09. The fraction of sp³-hybridized carbons (Fsp3) is 0.500. The van der Waals surface area contributed by atoms with Gasteiger partial charge in [-0.05, 0) is 46.8 Å². The average Bonchev–Trinajstić information content (AvgIpc) is 3.10. The van der Waals surface area contributed by atoms with Crippen LogP contribution in [0.5, 0.6) is 0 Å². The highest BCUT2D eigenvalue weighted by atomic mass is 79.9. The standard InChI is InChI=1S/C12H13BrF2O2/c1-17-12(6-2-3-6)11(16)9-8(14)5-4-7(13)10(9)15/h4-6,11-12,16H,2-3H2,1H3. The molecule has 1 aromatic carbocycles. The van der Waals surface area contributed by atoms with Crippen LogP contribution < -0.4 is 0 Å². The van der Waals surface area contributed by atoms with Crippen molar-refractivity contribution in [2.75, 3.05) is 7.11 Å². The Morgan fingerprint density at radius 3 is 2.59 bits per heavy atom. The Bertz CT molecular complexity index is 421. The molecule has 2 unspecified atom stereocenters. The number of aliphatic hydroxyl groups excluding tert-OH is 1. The van der Waals surface area contributed by atoms with Gasteiger partial charge in [0.1, 0.15) is 17.7 Å². The van der Waals surface area contributed by atoms with Crippen LogP contribution in [0.3, 0.4) is 0 Å². The molecule has 0 aromatic heterocycles. The van der Waals surface area contributed by atoms with Crippen molar-refractivity contribution in [3.63, 3.8) is 0 Å². The molecule has 1 fully saturated rings. The molecule has 0 saturated heterocycles. The van der Waals surface area contributed by atoms with Gasteiger partial charge >= 0.3 is 0 Å². The number of aliphatic hydroxyl groups is 1. The summed E-state index contributed by atoms with van der Waals surface area (Å²) in [4.78, 5) is 0. The number of methoxy groups -OCH3 is 1. The molecule has 94 valence electrons. The summed E-state index contributed by atoms with van der Waals surface area (Å²) in [5.74, 6) is -1.33. The molecule has 0 heterocycles. The summed E-state index contributed by atoms with van der Waals surface area (Å²) >= 11 is 2.98. The van der Waals surface area contributed by atoms with Crippen LogP contribution in [0.2, 0.25) is 0 Å². The van der Waals surface area contributed by atoms with Crippen molar-refractivity contribution in [2.24, 2.45) is 5.92 Å². The number of halogens is 3.